The van der Waals surface area contributed by atoms with Crippen LogP contribution in [0.5, 0.6) is 0 Å². The molecule has 2 aromatic carbocycles. The maximum Gasteiger partial charge on any atom is 0.244 e. The number of aldehydes is 1. The van der Waals surface area contributed by atoms with Gasteiger partial charge in [0.25, 0.3) is 0 Å². The zero-order valence-electron chi connectivity index (χ0n) is 18.3. The average Bonchev–Trinajstić information content (AvgIpc) is 3.22. The van der Waals surface area contributed by atoms with Crippen LogP contribution in [0.25, 0.3) is 6.08 Å². The van der Waals surface area contributed by atoms with Crippen LogP contribution in [-0.4, -0.2) is 42.6 Å². The molecule has 1 aliphatic heterocycles. The van der Waals surface area contributed by atoms with Crippen molar-refractivity contribution in [2.24, 2.45) is 5.92 Å². The first-order valence-electron chi connectivity index (χ1n) is 10.9. The van der Waals surface area contributed by atoms with Gasteiger partial charge in [0.2, 0.25) is 17.7 Å². The monoisotopic (exact) mass is 485 g/mol. The molecule has 3 atom stereocenters. The Morgan fingerprint density at radius 1 is 1.18 bits per heavy atom. The molecule has 1 heterocycles. The van der Waals surface area contributed by atoms with Gasteiger partial charge in [-0.25, -0.2) is 4.39 Å². The van der Waals surface area contributed by atoms with E-state index in [1.807, 2.05) is 30.3 Å². The molecule has 7 nitrogen and oxygen atoms in total. The van der Waals surface area contributed by atoms with Crippen molar-refractivity contribution < 1.29 is 23.6 Å². The second kappa shape index (κ2) is 12.1. The highest BCUT2D eigenvalue weighted by molar-refractivity contribution is 6.30. The van der Waals surface area contributed by atoms with Crippen molar-refractivity contribution in [3.05, 3.63) is 76.6 Å². The Balaban J connectivity index is 1.69. The van der Waals surface area contributed by atoms with Gasteiger partial charge in [-0.2, -0.15) is 0 Å². The Hall–Kier alpha value is -3.52. The Kier molecular flexibility index (Phi) is 8.93. The summed E-state index contributed by atoms with van der Waals surface area (Å²) in [7, 11) is 0. The first kappa shape index (κ1) is 25.1. The molecule has 0 radical (unpaired) electrons. The molecule has 1 fully saturated rings. The molecular formula is C25H25ClFN3O4. The predicted molar refractivity (Wildman–Crippen MR) is 126 cm³/mol. The van der Waals surface area contributed by atoms with E-state index in [0.717, 1.165) is 17.7 Å². The summed E-state index contributed by atoms with van der Waals surface area (Å²) in [6.45, 7) is 0.538. The Bertz CT molecular complexity index is 1080. The van der Waals surface area contributed by atoms with Gasteiger partial charge in [-0.3, -0.25) is 14.4 Å². The highest BCUT2D eigenvalue weighted by Gasteiger charge is 2.29. The molecule has 3 N–H and O–H groups in total. The maximum atomic E-state index is 14.0. The van der Waals surface area contributed by atoms with Crippen molar-refractivity contribution >= 4 is 41.7 Å². The van der Waals surface area contributed by atoms with Gasteiger partial charge in [0.1, 0.15) is 18.1 Å². The number of nitrogens with one attached hydrogen (secondary N) is 3. The standard InChI is InChI=1S/C25H25ClFN3O4/c26-19-8-6-17(21(27)14-19)7-9-23(32)30-22(12-16-4-2-1-3-5-16)25(34)29-20(15-31)13-18-10-11-28-24(18)33/h1-9,14-15,18,20,22H,10-13H2,(H,28,33)(H,29,34)(H,30,32). The lowest BCUT2D eigenvalue weighted by Gasteiger charge is -2.21. The van der Waals surface area contributed by atoms with Gasteiger partial charge in [-0.1, -0.05) is 48.0 Å². The topological polar surface area (TPSA) is 104 Å². The third-order valence-electron chi connectivity index (χ3n) is 5.49. The number of hydrogen-bond acceptors (Lipinski definition) is 4. The molecule has 2 aromatic rings. The lowest BCUT2D eigenvalue weighted by molar-refractivity contribution is -0.129. The molecule has 1 saturated heterocycles. The summed E-state index contributed by atoms with van der Waals surface area (Å²) in [5.41, 5.74) is 0.966. The van der Waals surface area contributed by atoms with Crippen LogP contribution in [0.3, 0.4) is 0 Å². The van der Waals surface area contributed by atoms with Crippen LogP contribution in [0.2, 0.25) is 5.02 Å². The molecule has 0 spiro atoms. The summed E-state index contributed by atoms with van der Waals surface area (Å²) in [5, 5.41) is 8.18. The van der Waals surface area contributed by atoms with E-state index < -0.39 is 29.7 Å². The van der Waals surface area contributed by atoms with Crippen LogP contribution in [0.1, 0.15) is 24.0 Å². The second-order valence-electron chi connectivity index (χ2n) is 8.01. The van der Waals surface area contributed by atoms with Crippen LogP contribution in [0.15, 0.2) is 54.6 Å². The number of benzene rings is 2. The minimum Gasteiger partial charge on any atom is -0.356 e. The molecule has 9 heteroatoms. The molecule has 1 aliphatic rings. The molecule has 3 unspecified atom stereocenters. The van der Waals surface area contributed by atoms with E-state index in [2.05, 4.69) is 16.0 Å². The van der Waals surface area contributed by atoms with Crippen LogP contribution >= 0.6 is 11.6 Å². The van der Waals surface area contributed by atoms with E-state index in [0.29, 0.717) is 19.3 Å². The molecule has 178 valence electrons. The number of hydrogen-bond donors (Lipinski definition) is 3. The lowest BCUT2D eigenvalue weighted by Crippen LogP contribution is -2.51. The molecule has 0 aliphatic carbocycles. The molecule has 3 amide bonds. The number of carbonyl (C=O) groups is 4. The van der Waals surface area contributed by atoms with Gasteiger partial charge in [-0.05, 0) is 36.6 Å². The summed E-state index contributed by atoms with van der Waals surface area (Å²) in [5.74, 6) is -2.24. The van der Waals surface area contributed by atoms with Crippen molar-refractivity contribution in [3.63, 3.8) is 0 Å². The quantitative estimate of drug-likeness (QED) is 0.355. The molecule has 3 rings (SSSR count). The number of amides is 3. The van der Waals surface area contributed by atoms with Gasteiger partial charge >= 0.3 is 0 Å². The number of rotatable bonds is 10. The van der Waals surface area contributed by atoms with E-state index in [4.69, 9.17) is 11.6 Å². The van der Waals surface area contributed by atoms with Crippen molar-refractivity contribution in [3.8, 4) is 0 Å². The van der Waals surface area contributed by atoms with Gasteiger partial charge in [0.05, 0.1) is 6.04 Å². The summed E-state index contributed by atoms with van der Waals surface area (Å²) in [6, 6.07) is 11.3. The van der Waals surface area contributed by atoms with Crippen LogP contribution in [-0.2, 0) is 25.6 Å². The van der Waals surface area contributed by atoms with Crippen LogP contribution < -0.4 is 16.0 Å². The minimum atomic E-state index is -0.991. The lowest BCUT2D eigenvalue weighted by atomic mass is 9.98. The summed E-state index contributed by atoms with van der Waals surface area (Å²) < 4.78 is 14.0. The molecule has 0 aromatic heterocycles. The molecular weight excluding hydrogens is 461 g/mol. The second-order valence-corrected chi connectivity index (χ2v) is 8.45. The van der Waals surface area contributed by atoms with Crippen molar-refractivity contribution in [1.29, 1.82) is 0 Å². The zero-order valence-corrected chi connectivity index (χ0v) is 19.1. The molecule has 34 heavy (non-hydrogen) atoms. The fraction of sp³-hybridized carbons (Fsp3) is 0.280. The van der Waals surface area contributed by atoms with Crippen LogP contribution in [0.4, 0.5) is 4.39 Å². The third kappa shape index (κ3) is 7.25. The maximum absolute atomic E-state index is 14.0. The Morgan fingerprint density at radius 3 is 2.59 bits per heavy atom. The first-order chi connectivity index (χ1) is 16.4. The third-order valence-corrected chi connectivity index (χ3v) is 5.72. The fourth-order valence-corrected chi connectivity index (χ4v) is 3.85. The largest absolute Gasteiger partial charge is 0.356 e. The average molecular weight is 486 g/mol. The predicted octanol–water partition coefficient (Wildman–Crippen LogP) is 2.43. The van der Waals surface area contributed by atoms with Gasteiger partial charge in [0, 0.05) is 35.5 Å². The zero-order chi connectivity index (χ0) is 24.5. The molecule has 0 saturated carbocycles. The SMILES string of the molecule is O=CC(CC1CCNC1=O)NC(=O)C(Cc1ccccc1)NC(=O)C=Cc1ccc(Cl)cc1F. The van der Waals surface area contributed by atoms with Crippen molar-refractivity contribution in [2.75, 3.05) is 6.54 Å². The van der Waals surface area contributed by atoms with Crippen LogP contribution in [0, 0.1) is 11.7 Å². The summed E-state index contributed by atoms with van der Waals surface area (Å²) in [4.78, 5) is 48.9. The van der Waals surface area contributed by atoms with Gasteiger partial charge in [-0.15, -0.1) is 0 Å². The van der Waals surface area contributed by atoms with E-state index in [-0.39, 0.29) is 35.3 Å². The van der Waals surface area contributed by atoms with Gasteiger partial charge < -0.3 is 20.7 Å². The highest BCUT2D eigenvalue weighted by Crippen LogP contribution is 2.17. The Morgan fingerprint density at radius 2 is 1.94 bits per heavy atom. The van der Waals surface area contributed by atoms with E-state index in [1.165, 1.54) is 18.2 Å². The van der Waals surface area contributed by atoms with E-state index in [9.17, 15) is 23.6 Å². The highest BCUT2D eigenvalue weighted by atomic mass is 35.5. The number of carbonyl (C=O) groups excluding carboxylic acids is 4. The fourth-order valence-electron chi connectivity index (χ4n) is 3.69. The van der Waals surface area contributed by atoms with E-state index in [1.54, 1.807) is 0 Å². The number of halogens is 2. The minimum absolute atomic E-state index is 0.144. The molecule has 0 bridgehead atoms. The van der Waals surface area contributed by atoms with Gasteiger partial charge in [0.15, 0.2) is 0 Å². The smallest absolute Gasteiger partial charge is 0.244 e. The normalized spacial score (nSPS) is 17.1. The summed E-state index contributed by atoms with van der Waals surface area (Å²) in [6.07, 6.45) is 3.95. The van der Waals surface area contributed by atoms with Crippen molar-refractivity contribution in [2.45, 2.75) is 31.3 Å². The van der Waals surface area contributed by atoms with E-state index >= 15 is 0 Å². The first-order valence-corrected chi connectivity index (χ1v) is 11.2. The Labute approximate surface area is 201 Å². The summed E-state index contributed by atoms with van der Waals surface area (Å²) >= 11 is 5.74. The van der Waals surface area contributed by atoms with Crippen molar-refractivity contribution in [1.82, 2.24) is 16.0 Å².